The Hall–Kier alpha value is -2.73. The molecule has 0 heterocycles. The lowest BCUT2D eigenvalue weighted by Gasteiger charge is -2.09. The van der Waals surface area contributed by atoms with Gasteiger partial charge in [0.05, 0.1) is 0 Å². The molecule has 7 heteroatoms. The van der Waals surface area contributed by atoms with Crippen LogP contribution in [-0.4, -0.2) is 31.8 Å². The van der Waals surface area contributed by atoms with Gasteiger partial charge in [-0.3, -0.25) is 4.79 Å². The molecule has 0 radical (unpaired) electrons. The Balaban J connectivity index is 1.55. The molecule has 0 fully saturated rings. The molecule has 0 aliphatic carbocycles. The van der Waals surface area contributed by atoms with Crippen molar-refractivity contribution in [2.45, 2.75) is 6.54 Å². The molecular formula is C18H19ClN2O4. The Morgan fingerprint density at radius 1 is 0.960 bits per heavy atom. The molecule has 2 amide bonds. The molecule has 2 rings (SSSR count). The summed E-state index contributed by atoms with van der Waals surface area (Å²) in [6.45, 7) is 0.456. The first-order valence-corrected chi connectivity index (χ1v) is 8.11. The van der Waals surface area contributed by atoms with Crippen molar-refractivity contribution >= 4 is 23.6 Å². The molecule has 0 aromatic heterocycles. The zero-order chi connectivity index (χ0) is 17.9. The van der Waals surface area contributed by atoms with Gasteiger partial charge in [0.1, 0.15) is 25.5 Å². The number of rotatable bonds is 8. The van der Waals surface area contributed by atoms with Crippen LogP contribution in [0.5, 0.6) is 5.75 Å². The summed E-state index contributed by atoms with van der Waals surface area (Å²) < 4.78 is 10.4. The highest BCUT2D eigenvalue weighted by molar-refractivity contribution is 6.30. The molecule has 0 aliphatic rings. The smallest absolute Gasteiger partial charge is 0.325 e. The molecule has 0 saturated carbocycles. The average molecular weight is 363 g/mol. The lowest BCUT2D eigenvalue weighted by Crippen LogP contribution is -2.38. The van der Waals surface area contributed by atoms with Crippen molar-refractivity contribution in [2.24, 2.45) is 0 Å². The van der Waals surface area contributed by atoms with E-state index < -0.39 is 12.0 Å². The lowest BCUT2D eigenvalue weighted by molar-refractivity contribution is -0.143. The van der Waals surface area contributed by atoms with Crippen molar-refractivity contribution in [2.75, 3.05) is 19.8 Å². The van der Waals surface area contributed by atoms with Crippen LogP contribution in [0, 0.1) is 0 Å². The monoisotopic (exact) mass is 362 g/mol. The quantitative estimate of drug-likeness (QED) is 0.559. The van der Waals surface area contributed by atoms with E-state index in [0.29, 0.717) is 17.3 Å². The number of hydrogen-bond donors (Lipinski definition) is 2. The van der Waals surface area contributed by atoms with Crippen LogP contribution in [-0.2, 0) is 16.1 Å². The first-order chi connectivity index (χ1) is 12.1. The van der Waals surface area contributed by atoms with E-state index in [4.69, 9.17) is 21.1 Å². The third-order valence-electron chi connectivity index (χ3n) is 3.10. The maximum atomic E-state index is 11.6. The highest BCUT2D eigenvalue weighted by Crippen LogP contribution is 2.16. The molecule has 2 aromatic carbocycles. The molecule has 0 spiro atoms. The summed E-state index contributed by atoms with van der Waals surface area (Å²) in [6.07, 6.45) is 0. The van der Waals surface area contributed by atoms with Crippen LogP contribution in [0.4, 0.5) is 4.79 Å². The van der Waals surface area contributed by atoms with E-state index >= 15 is 0 Å². The fourth-order valence-corrected chi connectivity index (χ4v) is 2.10. The van der Waals surface area contributed by atoms with Crippen LogP contribution in [0.15, 0.2) is 54.6 Å². The van der Waals surface area contributed by atoms with Crippen LogP contribution in [0.25, 0.3) is 0 Å². The predicted octanol–water partition coefficient (Wildman–Crippen LogP) is 2.76. The Kier molecular flexibility index (Phi) is 7.59. The molecule has 2 N–H and O–H groups in total. The van der Waals surface area contributed by atoms with Gasteiger partial charge >= 0.3 is 12.0 Å². The maximum absolute atomic E-state index is 11.6. The largest absolute Gasteiger partial charge is 0.490 e. The van der Waals surface area contributed by atoms with Crippen LogP contribution < -0.4 is 15.4 Å². The Morgan fingerprint density at radius 2 is 1.76 bits per heavy atom. The van der Waals surface area contributed by atoms with Crippen molar-refractivity contribution in [3.05, 3.63) is 65.2 Å². The van der Waals surface area contributed by atoms with Gasteiger partial charge < -0.3 is 20.1 Å². The molecule has 0 bridgehead atoms. The standard InChI is InChI=1S/C18H19ClN2O4/c19-15-7-4-8-16(11-15)24-9-10-25-17(22)13-21-18(23)20-12-14-5-2-1-3-6-14/h1-8,11H,9-10,12-13H2,(H2,20,21,23). The highest BCUT2D eigenvalue weighted by atomic mass is 35.5. The minimum atomic E-state index is -0.537. The SMILES string of the molecule is O=C(NCC(=O)OCCOc1cccc(Cl)c1)NCc1ccccc1. The van der Waals surface area contributed by atoms with Gasteiger partial charge in [-0.25, -0.2) is 4.79 Å². The third-order valence-corrected chi connectivity index (χ3v) is 3.34. The molecule has 0 saturated heterocycles. The van der Waals surface area contributed by atoms with E-state index in [-0.39, 0.29) is 19.8 Å². The number of halogens is 1. The fourth-order valence-electron chi connectivity index (χ4n) is 1.92. The summed E-state index contributed by atoms with van der Waals surface area (Å²) in [6, 6.07) is 16.0. The second kappa shape index (κ2) is 10.2. The number of carbonyl (C=O) groups is 2. The minimum absolute atomic E-state index is 0.0820. The number of nitrogens with one attached hydrogen (secondary N) is 2. The van der Waals surface area contributed by atoms with Crippen LogP contribution in [0.3, 0.4) is 0 Å². The van der Waals surface area contributed by atoms with E-state index in [2.05, 4.69) is 10.6 Å². The van der Waals surface area contributed by atoms with Gasteiger partial charge in [-0.05, 0) is 23.8 Å². The highest BCUT2D eigenvalue weighted by Gasteiger charge is 2.06. The molecule has 0 atom stereocenters. The van der Waals surface area contributed by atoms with E-state index in [9.17, 15) is 9.59 Å². The van der Waals surface area contributed by atoms with Crippen molar-refractivity contribution in [3.63, 3.8) is 0 Å². The number of urea groups is 1. The summed E-state index contributed by atoms with van der Waals surface area (Å²) in [5.41, 5.74) is 0.971. The van der Waals surface area contributed by atoms with E-state index in [1.807, 2.05) is 30.3 Å². The van der Waals surface area contributed by atoms with Crippen LogP contribution in [0.2, 0.25) is 5.02 Å². The summed E-state index contributed by atoms with van der Waals surface area (Å²) in [5.74, 6) is 0.0616. The zero-order valence-electron chi connectivity index (χ0n) is 13.5. The minimum Gasteiger partial charge on any atom is -0.490 e. The van der Waals surface area contributed by atoms with Gasteiger partial charge in [0.25, 0.3) is 0 Å². The number of amides is 2. The van der Waals surface area contributed by atoms with Crippen molar-refractivity contribution in [1.82, 2.24) is 10.6 Å². The number of hydrogen-bond acceptors (Lipinski definition) is 4. The Labute approximate surface area is 151 Å². The van der Waals surface area contributed by atoms with Gasteiger partial charge in [-0.1, -0.05) is 48.0 Å². The summed E-state index contributed by atoms with van der Waals surface area (Å²) in [5, 5.41) is 5.66. The number of benzene rings is 2. The van der Waals surface area contributed by atoms with Gasteiger partial charge in [0, 0.05) is 11.6 Å². The Morgan fingerprint density at radius 3 is 2.52 bits per heavy atom. The summed E-state index contributed by atoms with van der Waals surface area (Å²) in [7, 11) is 0. The van der Waals surface area contributed by atoms with Gasteiger partial charge in [0.15, 0.2) is 0 Å². The summed E-state index contributed by atoms with van der Waals surface area (Å²) in [4.78, 5) is 23.1. The normalized spacial score (nSPS) is 9.96. The van der Waals surface area contributed by atoms with Gasteiger partial charge in [-0.2, -0.15) is 0 Å². The Bertz CT molecular complexity index is 694. The first-order valence-electron chi connectivity index (χ1n) is 7.73. The molecule has 0 aliphatic heterocycles. The summed E-state index contributed by atoms with van der Waals surface area (Å²) >= 11 is 5.83. The molecule has 2 aromatic rings. The van der Waals surface area contributed by atoms with Crippen molar-refractivity contribution in [3.8, 4) is 5.75 Å². The van der Waals surface area contributed by atoms with Crippen LogP contribution >= 0.6 is 11.6 Å². The second-order valence-corrected chi connectivity index (χ2v) is 5.48. The van der Waals surface area contributed by atoms with Crippen molar-refractivity contribution in [1.29, 1.82) is 0 Å². The van der Waals surface area contributed by atoms with Gasteiger partial charge in [0.2, 0.25) is 0 Å². The average Bonchev–Trinajstić information content (AvgIpc) is 2.63. The number of esters is 1. The third kappa shape index (κ3) is 7.58. The zero-order valence-corrected chi connectivity index (χ0v) is 14.3. The molecular weight excluding hydrogens is 344 g/mol. The predicted molar refractivity (Wildman–Crippen MR) is 94.6 cm³/mol. The van der Waals surface area contributed by atoms with E-state index in [1.54, 1.807) is 24.3 Å². The van der Waals surface area contributed by atoms with E-state index in [0.717, 1.165) is 5.56 Å². The van der Waals surface area contributed by atoms with E-state index in [1.165, 1.54) is 0 Å². The second-order valence-electron chi connectivity index (χ2n) is 5.05. The number of carbonyl (C=O) groups excluding carboxylic acids is 2. The topological polar surface area (TPSA) is 76.7 Å². The molecule has 132 valence electrons. The first kappa shape index (κ1) is 18.6. The molecule has 25 heavy (non-hydrogen) atoms. The van der Waals surface area contributed by atoms with Gasteiger partial charge in [-0.15, -0.1) is 0 Å². The number of ether oxygens (including phenoxy) is 2. The maximum Gasteiger partial charge on any atom is 0.325 e. The van der Waals surface area contributed by atoms with Crippen molar-refractivity contribution < 1.29 is 19.1 Å². The fraction of sp³-hybridized carbons (Fsp3) is 0.222. The van der Waals surface area contributed by atoms with Crippen LogP contribution in [0.1, 0.15) is 5.56 Å². The molecule has 6 nitrogen and oxygen atoms in total. The lowest BCUT2D eigenvalue weighted by atomic mass is 10.2. The molecule has 0 unspecified atom stereocenters.